The van der Waals surface area contributed by atoms with Crippen LogP contribution in [0.3, 0.4) is 0 Å². The molecule has 14 heavy (non-hydrogen) atoms. The highest BCUT2D eigenvalue weighted by Crippen LogP contribution is 2.30. The number of nitrogens with one attached hydrogen (secondary N) is 1. The molecule has 0 aromatic carbocycles. The SMILES string of the molecule is CCNc1ncc([N+](=O)[O-])c(C)c1Br. The first kappa shape index (κ1) is 10.9. The molecule has 0 atom stereocenters. The second kappa shape index (κ2) is 4.36. The van der Waals surface area contributed by atoms with Gasteiger partial charge in [-0.05, 0) is 29.8 Å². The summed E-state index contributed by atoms with van der Waals surface area (Å²) in [6, 6.07) is 0. The Labute approximate surface area is 89.8 Å². The maximum atomic E-state index is 10.6. The topological polar surface area (TPSA) is 68.1 Å². The molecule has 0 spiro atoms. The molecule has 0 saturated heterocycles. The molecule has 0 unspecified atom stereocenters. The van der Waals surface area contributed by atoms with Crippen LogP contribution in [-0.2, 0) is 0 Å². The van der Waals surface area contributed by atoms with E-state index in [1.807, 2.05) is 6.92 Å². The third-order valence-electron chi connectivity index (χ3n) is 1.78. The number of aromatic nitrogens is 1. The Hall–Kier alpha value is -1.17. The maximum Gasteiger partial charge on any atom is 0.291 e. The Morgan fingerprint density at radius 1 is 1.71 bits per heavy atom. The van der Waals surface area contributed by atoms with Crippen molar-refractivity contribution >= 4 is 27.4 Å². The van der Waals surface area contributed by atoms with Gasteiger partial charge in [-0.15, -0.1) is 0 Å². The Balaban J connectivity index is 3.19. The second-order valence-electron chi connectivity index (χ2n) is 2.72. The van der Waals surface area contributed by atoms with E-state index in [1.165, 1.54) is 6.20 Å². The van der Waals surface area contributed by atoms with Crippen LogP contribution < -0.4 is 5.32 Å². The zero-order valence-corrected chi connectivity index (χ0v) is 9.46. The Kier molecular flexibility index (Phi) is 3.40. The molecule has 0 fully saturated rings. The molecule has 0 radical (unpaired) electrons. The average molecular weight is 260 g/mol. The summed E-state index contributed by atoms with van der Waals surface area (Å²) in [6.07, 6.45) is 1.26. The van der Waals surface area contributed by atoms with Gasteiger partial charge in [0.15, 0.2) is 0 Å². The van der Waals surface area contributed by atoms with Gasteiger partial charge in [0.05, 0.1) is 9.40 Å². The summed E-state index contributed by atoms with van der Waals surface area (Å²) in [5.74, 6) is 0.635. The highest BCUT2D eigenvalue weighted by Gasteiger charge is 2.16. The minimum absolute atomic E-state index is 0.0264. The lowest BCUT2D eigenvalue weighted by Crippen LogP contribution is -2.03. The fourth-order valence-electron chi connectivity index (χ4n) is 1.04. The molecule has 76 valence electrons. The predicted octanol–water partition coefficient (Wildman–Crippen LogP) is 2.49. The van der Waals surface area contributed by atoms with E-state index in [2.05, 4.69) is 26.2 Å². The zero-order valence-electron chi connectivity index (χ0n) is 7.87. The summed E-state index contributed by atoms with van der Waals surface area (Å²) >= 11 is 3.27. The quantitative estimate of drug-likeness (QED) is 0.669. The molecule has 1 rings (SSSR count). The number of hydrogen-bond acceptors (Lipinski definition) is 4. The van der Waals surface area contributed by atoms with Crippen LogP contribution in [0.25, 0.3) is 0 Å². The van der Waals surface area contributed by atoms with Gasteiger partial charge >= 0.3 is 0 Å². The van der Waals surface area contributed by atoms with Crippen molar-refractivity contribution in [3.63, 3.8) is 0 Å². The third-order valence-corrected chi connectivity index (χ3v) is 2.75. The maximum absolute atomic E-state index is 10.6. The molecule has 0 aliphatic carbocycles. The second-order valence-corrected chi connectivity index (χ2v) is 3.51. The summed E-state index contributed by atoms with van der Waals surface area (Å²) in [4.78, 5) is 14.1. The van der Waals surface area contributed by atoms with Gasteiger partial charge in [0.2, 0.25) is 0 Å². The van der Waals surface area contributed by atoms with Crippen LogP contribution in [0.5, 0.6) is 0 Å². The van der Waals surface area contributed by atoms with Gasteiger partial charge in [0.25, 0.3) is 5.69 Å². The van der Waals surface area contributed by atoms with E-state index in [-0.39, 0.29) is 5.69 Å². The van der Waals surface area contributed by atoms with Crippen molar-refractivity contribution < 1.29 is 4.92 Å². The van der Waals surface area contributed by atoms with Gasteiger partial charge < -0.3 is 5.32 Å². The van der Waals surface area contributed by atoms with Gasteiger partial charge in [-0.3, -0.25) is 10.1 Å². The standard InChI is InChI=1S/C8H10BrN3O2/c1-3-10-8-7(9)5(2)6(4-11-8)12(13)14/h4H,3H2,1-2H3,(H,10,11). The first-order valence-electron chi connectivity index (χ1n) is 4.11. The van der Waals surface area contributed by atoms with Crippen molar-refractivity contribution in [2.24, 2.45) is 0 Å². The normalized spacial score (nSPS) is 9.93. The van der Waals surface area contributed by atoms with E-state index in [4.69, 9.17) is 0 Å². The van der Waals surface area contributed by atoms with Gasteiger partial charge in [0, 0.05) is 12.1 Å². The summed E-state index contributed by atoms with van der Waals surface area (Å²) in [7, 11) is 0. The highest BCUT2D eigenvalue weighted by molar-refractivity contribution is 9.10. The zero-order chi connectivity index (χ0) is 10.7. The number of halogens is 1. The minimum atomic E-state index is -0.442. The molecule has 1 N–H and O–H groups in total. The van der Waals surface area contributed by atoms with Gasteiger partial charge in [-0.25, -0.2) is 4.98 Å². The van der Waals surface area contributed by atoms with Crippen LogP contribution in [0.4, 0.5) is 11.5 Å². The number of anilines is 1. The van der Waals surface area contributed by atoms with Crippen molar-refractivity contribution in [2.45, 2.75) is 13.8 Å². The van der Waals surface area contributed by atoms with Crippen molar-refractivity contribution in [2.75, 3.05) is 11.9 Å². The van der Waals surface area contributed by atoms with Crippen molar-refractivity contribution in [3.05, 3.63) is 26.3 Å². The van der Waals surface area contributed by atoms with E-state index >= 15 is 0 Å². The van der Waals surface area contributed by atoms with Crippen molar-refractivity contribution in [1.29, 1.82) is 0 Å². The molecule has 0 bridgehead atoms. The van der Waals surface area contributed by atoms with E-state index in [0.717, 1.165) is 6.54 Å². The fourth-order valence-corrected chi connectivity index (χ4v) is 1.49. The van der Waals surface area contributed by atoms with Crippen LogP contribution in [0.15, 0.2) is 10.7 Å². The number of rotatable bonds is 3. The van der Waals surface area contributed by atoms with Crippen molar-refractivity contribution in [3.8, 4) is 0 Å². The third kappa shape index (κ3) is 2.01. The molecule has 1 heterocycles. The summed E-state index contributed by atoms with van der Waals surface area (Å²) in [5, 5.41) is 13.6. The summed E-state index contributed by atoms with van der Waals surface area (Å²) in [6.45, 7) is 4.35. The van der Waals surface area contributed by atoms with Gasteiger partial charge in [0.1, 0.15) is 12.0 Å². The first-order chi connectivity index (χ1) is 6.57. The fraction of sp³-hybridized carbons (Fsp3) is 0.375. The van der Waals surface area contributed by atoms with E-state index in [1.54, 1.807) is 6.92 Å². The Bertz CT molecular complexity index is 368. The minimum Gasteiger partial charge on any atom is -0.369 e. The molecular formula is C8H10BrN3O2. The number of hydrogen-bond donors (Lipinski definition) is 1. The summed E-state index contributed by atoms with van der Waals surface area (Å²) in [5.41, 5.74) is 0.611. The largest absolute Gasteiger partial charge is 0.369 e. The number of nitrogens with zero attached hydrogens (tertiary/aromatic N) is 2. The average Bonchev–Trinajstić information content (AvgIpc) is 2.13. The van der Waals surface area contributed by atoms with Crippen LogP contribution >= 0.6 is 15.9 Å². The van der Waals surface area contributed by atoms with E-state index in [0.29, 0.717) is 15.9 Å². The van der Waals surface area contributed by atoms with Crippen LogP contribution in [0.1, 0.15) is 12.5 Å². The van der Waals surface area contributed by atoms with Gasteiger partial charge in [-0.1, -0.05) is 0 Å². The van der Waals surface area contributed by atoms with E-state index in [9.17, 15) is 10.1 Å². The monoisotopic (exact) mass is 259 g/mol. The smallest absolute Gasteiger partial charge is 0.291 e. The summed E-state index contributed by atoms with van der Waals surface area (Å²) < 4.78 is 0.647. The molecule has 0 saturated carbocycles. The van der Waals surface area contributed by atoms with Gasteiger partial charge in [-0.2, -0.15) is 0 Å². The lowest BCUT2D eigenvalue weighted by molar-refractivity contribution is -0.385. The van der Waals surface area contributed by atoms with Crippen LogP contribution in [-0.4, -0.2) is 16.5 Å². The van der Waals surface area contributed by atoms with Crippen LogP contribution in [0, 0.1) is 17.0 Å². The molecule has 6 heteroatoms. The van der Waals surface area contributed by atoms with Crippen LogP contribution in [0.2, 0.25) is 0 Å². The first-order valence-corrected chi connectivity index (χ1v) is 4.90. The molecule has 5 nitrogen and oxygen atoms in total. The molecule has 0 amide bonds. The lowest BCUT2D eigenvalue weighted by atomic mass is 10.2. The Morgan fingerprint density at radius 2 is 2.36 bits per heavy atom. The number of nitro groups is 1. The Morgan fingerprint density at radius 3 is 2.86 bits per heavy atom. The molecule has 0 aliphatic heterocycles. The molecule has 1 aromatic heterocycles. The lowest BCUT2D eigenvalue weighted by Gasteiger charge is -2.06. The predicted molar refractivity (Wildman–Crippen MR) is 57.5 cm³/mol. The van der Waals surface area contributed by atoms with Crippen molar-refractivity contribution in [1.82, 2.24) is 4.98 Å². The van der Waals surface area contributed by atoms with E-state index < -0.39 is 4.92 Å². The highest BCUT2D eigenvalue weighted by atomic mass is 79.9. The molecular weight excluding hydrogens is 250 g/mol. The molecule has 1 aromatic rings. The molecule has 0 aliphatic rings. The number of pyridine rings is 1.